The van der Waals surface area contributed by atoms with Crippen molar-refractivity contribution in [3.05, 3.63) is 71.8 Å². The molecule has 20 nitrogen and oxygen atoms in total. The number of primary amides is 1. The van der Waals surface area contributed by atoms with Gasteiger partial charge in [0.25, 0.3) is 0 Å². The minimum absolute atomic E-state index is 0.00906. The molecule has 2 aliphatic heterocycles. The predicted octanol–water partition coefficient (Wildman–Crippen LogP) is 4.73. The number of carbonyl (C=O) groups excluding carboxylic acids is 9. The topological polar surface area (TPSA) is 282 Å². The maximum atomic E-state index is 15.0. The van der Waals surface area contributed by atoms with Gasteiger partial charge in [-0.15, -0.1) is 0 Å². The van der Waals surface area contributed by atoms with E-state index in [1.807, 2.05) is 72.6 Å². The van der Waals surface area contributed by atoms with E-state index in [9.17, 15) is 38.4 Å². The molecule has 2 aromatic rings. The van der Waals surface area contributed by atoms with E-state index in [1.165, 1.54) is 18.7 Å². The van der Waals surface area contributed by atoms with Gasteiger partial charge in [0.15, 0.2) is 0 Å². The lowest BCUT2D eigenvalue weighted by atomic mass is 9.78. The first kappa shape index (κ1) is 66.5. The van der Waals surface area contributed by atoms with E-state index in [0.29, 0.717) is 37.6 Å². The predicted molar refractivity (Wildman–Crippen MR) is 315 cm³/mol. The Morgan fingerprint density at radius 3 is 1.82 bits per heavy atom. The third kappa shape index (κ3) is 23.2. The normalized spacial score (nSPS) is 19.8. The number of Topliss-reactive ketones (excluding diaryl/α,β-unsaturated/α-hetero) is 1. The Morgan fingerprint density at radius 1 is 0.659 bits per heavy atom. The fraction of sp³-hybridized carbons (Fsp3) is 0.661. The van der Waals surface area contributed by atoms with E-state index in [0.717, 1.165) is 101 Å². The first-order valence-corrected chi connectivity index (χ1v) is 30.5. The molecule has 1 saturated carbocycles. The lowest BCUT2D eigenvalue weighted by Gasteiger charge is -2.32. The van der Waals surface area contributed by atoms with Gasteiger partial charge >= 0.3 is 0 Å². The Morgan fingerprint density at radius 2 is 1.22 bits per heavy atom. The van der Waals surface area contributed by atoms with Crippen molar-refractivity contribution in [1.29, 1.82) is 0 Å². The third-order valence-electron chi connectivity index (χ3n) is 16.3. The average molecular weight is 1140 g/mol. The van der Waals surface area contributed by atoms with Crippen molar-refractivity contribution in [3.63, 3.8) is 0 Å². The molecule has 9 unspecified atom stereocenters. The van der Waals surface area contributed by atoms with Crippen LogP contribution in [0.4, 0.5) is 0 Å². The van der Waals surface area contributed by atoms with E-state index in [2.05, 4.69) is 63.6 Å². The fourth-order valence-corrected chi connectivity index (χ4v) is 11.7. The Labute approximate surface area is 486 Å². The van der Waals surface area contributed by atoms with Crippen LogP contribution in [0.25, 0.3) is 0 Å². The molecule has 10 N–H and O–H groups in total. The maximum Gasteiger partial charge on any atom is 0.246 e. The number of nitrogens with zero attached hydrogens (tertiary/aromatic N) is 2. The van der Waals surface area contributed by atoms with Gasteiger partial charge in [-0.25, -0.2) is 10.4 Å². The molecule has 82 heavy (non-hydrogen) atoms. The molecule has 2 heterocycles. The van der Waals surface area contributed by atoms with Crippen LogP contribution >= 0.6 is 0 Å². The monoisotopic (exact) mass is 1140 g/mol. The van der Waals surface area contributed by atoms with Crippen LogP contribution in [0, 0.1) is 17.8 Å². The molecule has 9 atom stereocenters. The number of rotatable bonds is 36. The summed E-state index contributed by atoms with van der Waals surface area (Å²) < 4.78 is 0. The van der Waals surface area contributed by atoms with Gasteiger partial charge in [0, 0.05) is 51.4 Å². The van der Waals surface area contributed by atoms with Crippen molar-refractivity contribution in [1.82, 2.24) is 52.8 Å². The summed E-state index contributed by atoms with van der Waals surface area (Å²) in [5.74, 6) is -3.40. The zero-order chi connectivity index (χ0) is 59.6. The molecular weight excluding hydrogens is 1040 g/mol. The number of carbonyl (C=O) groups is 9. The molecule has 0 spiro atoms. The smallest absolute Gasteiger partial charge is 0.246 e. The van der Waals surface area contributed by atoms with Crippen LogP contribution in [0.1, 0.15) is 175 Å². The van der Waals surface area contributed by atoms with Crippen molar-refractivity contribution in [2.75, 3.05) is 19.6 Å². The number of hydrogen-bond donors (Lipinski definition) is 9. The van der Waals surface area contributed by atoms with Crippen LogP contribution < -0.4 is 48.6 Å². The zero-order valence-corrected chi connectivity index (χ0v) is 49.7. The summed E-state index contributed by atoms with van der Waals surface area (Å²) in [7, 11) is 0. The molecule has 454 valence electrons. The number of amides is 8. The van der Waals surface area contributed by atoms with Gasteiger partial charge in [0.2, 0.25) is 47.3 Å². The van der Waals surface area contributed by atoms with Crippen LogP contribution in [0.3, 0.4) is 0 Å². The van der Waals surface area contributed by atoms with E-state index >= 15 is 4.79 Å². The molecule has 1 aliphatic carbocycles. The van der Waals surface area contributed by atoms with Crippen LogP contribution in [0.5, 0.6) is 0 Å². The molecule has 3 aliphatic rings. The Bertz CT molecular complexity index is 2370. The Kier molecular flexibility index (Phi) is 28.4. The molecular formula is C62H97N11O9. The Hall–Kier alpha value is -6.25. The van der Waals surface area contributed by atoms with Crippen LogP contribution in [0.15, 0.2) is 60.7 Å². The summed E-state index contributed by atoms with van der Waals surface area (Å²) in [6, 6.07) is 11.3. The van der Waals surface area contributed by atoms with Gasteiger partial charge < -0.3 is 42.5 Å². The summed E-state index contributed by atoms with van der Waals surface area (Å²) in [5, 5.41) is 19.4. The van der Waals surface area contributed by atoms with Crippen LogP contribution in [-0.4, -0.2) is 131 Å². The van der Waals surface area contributed by atoms with E-state index in [1.54, 1.807) is 0 Å². The second-order valence-corrected chi connectivity index (χ2v) is 23.9. The number of likely N-dealkylation sites (tertiary alicyclic amines) is 1. The molecule has 8 amide bonds. The number of benzene rings is 2. The summed E-state index contributed by atoms with van der Waals surface area (Å²) in [5.41, 5.74) is 13.2. The standard InChI is InChI=1S/C62H97N11O9/c1-41(2)24-21-22-31-55(61(81)64-39-44(5)74)73-43(4)35-54(62(73)82)69-59(79)52(37-47-27-16-12-17-28-47)67-57(77)50(34-42(3)48-29-18-13-19-30-48)66-58(78)51(36-46-25-14-11-15-26-46)68-60(80)53(65-45(6)75)38-49-40-72(71-70-49)33-23-10-8-7-9-20-32-56(63)76/h11-12,14-17,25-28,41-43,48-55,70-71H,7-10,13,18-24,29-40H2,1-6H3,(H2,63,76)(H,64,81)(H,65,75)(H,66,78)(H,67,77)(H,68,80)(H,69,79). The zero-order valence-electron chi connectivity index (χ0n) is 49.7. The second-order valence-electron chi connectivity index (χ2n) is 23.9. The van der Waals surface area contributed by atoms with Gasteiger partial charge in [-0.1, -0.05) is 158 Å². The van der Waals surface area contributed by atoms with Crippen molar-refractivity contribution in [3.8, 4) is 0 Å². The van der Waals surface area contributed by atoms with Crippen LogP contribution in [0.2, 0.25) is 0 Å². The van der Waals surface area contributed by atoms with Crippen LogP contribution in [-0.2, 0) is 56.0 Å². The largest absolute Gasteiger partial charge is 0.370 e. The number of hydrogen-bond acceptors (Lipinski definition) is 12. The molecule has 0 radical (unpaired) electrons. The summed E-state index contributed by atoms with van der Waals surface area (Å²) >= 11 is 0. The minimum Gasteiger partial charge on any atom is -0.370 e. The van der Waals surface area contributed by atoms with Gasteiger partial charge in [0.05, 0.1) is 6.54 Å². The highest BCUT2D eigenvalue weighted by Gasteiger charge is 2.45. The van der Waals surface area contributed by atoms with Gasteiger partial charge in [-0.05, 0) is 81.3 Å². The molecule has 5 rings (SSSR count). The Balaban J connectivity index is 1.34. The van der Waals surface area contributed by atoms with Crippen molar-refractivity contribution >= 4 is 53.0 Å². The molecule has 2 aromatic carbocycles. The summed E-state index contributed by atoms with van der Waals surface area (Å²) in [4.78, 5) is 124. The number of ketones is 1. The van der Waals surface area contributed by atoms with Crippen molar-refractivity contribution < 1.29 is 43.2 Å². The lowest BCUT2D eigenvalue weighted by Crippen LogP contribution is -2.60. The fourth-order valence-electron chi connectivity index (χ4n) is 11.7. The summed E-state index contributed by atoms with van der Waals surface area (Å²) in [6.45, 7) is 12.0. The molecule has 3 fully saturated rings. The number of nitrogens with two attached hydrogens (primary N) is 1. The van der Waals surface area contributed by atoms with E-state index < -0.39 is 83.6 Å². The summed E-state index contributed by atoms with van der Waals surface area (Å²) in [6.07, 6.45) is 15.1. The first-order valence-electron chi connectivity index (χ1n) is 30.5. The van der Waals surface area contributed by atoms with Crippen molar-refractivity contribution in [2.45, 2.75) is 225 Å². The second kappa shape index (κ2) is 35.0. The van der Waals surface area contributed by atoms with Gasteiger partial charge in [-0.3, -0.25) is 43.2 Å². The number of unbranched alkanes of at least 4 members (excludes halogenated alkanes) is 6. The quantitative estimate of drug-likeness (QED) is 0.0419. The highest BCUT2D eigenvalue weighted by Crippen LogP contribution is 2.32. The maximum absolute atomic E-state index is 15.0. The van der Waals surface area contributed by atoms with E-state index in [4.69, 9.17) is 5.73 Å². The third-order valence-corrected chi connectivity index (χ3v) is 16.3. The molecule has 0 bridgehead atoms. The molecule has 2 saturated heterocycles. The lowest BCUT2D eigenvalue weighted by molar-refractivity contribution is -0.141. The molecule has 0 aromatic heterocycles. The van der Waals surface area contributed by atoms with E-state index in [-0.39, 0.29) is 62.3 Å². The van der Waals surface area contributed by atoms with Gasteiger partial charge in [0.1, 0.15) is 42.0 Å². The molecule has 20 heteroatoms. The minimum atomic E-state index is -1.19. The van der Waals surface area contributed by atoms with Crippen molar-refractivity contribution in [2.24, 2.45) is 23.5 Å². The van der Waals surface area contributed by atoms with Gasteiger partial charge in [-0.2, -0.15) is 5.53 Å². The first-order chi connectivity index (χ1) is 39.3. The highest BCUT2D eigenvalue weighted by atomic mass is 16.2. The highest BCUT2D eigenvalue weighted by molar-refractivity contribution is 5.98. The average Bonchev–Trinajstić information content (AvgIpc) is 4.14. The SMILES string of the molecule is CC(=O)CNC(=O)C(CCCCC(C)C)N1C(=O)C(NC(=O)C(Cc2ccccc2)NC(=O)C(CC(C)C2CCCCC2)NC(=O)C(Cc2ccccc2)NC(=O)C(CC2CN(CCCCCCCCC(N)=O)NN2)NC(C)=O)CC1C. The number of hydrazine groups is 2. The number of nitrogens with one attached hydrogen (secondary N) is 8.